The Bertz CT molecular complexity index is 321. The van der Waals surface area contributed by atoms with E-state index in [4.69, 9.17) is 11.6 Å². The minimum absolute atomic E-state index is 0.00475. The Morgan fingerprint density at radius 2 is 2.00 bits per heavy atom. The van der Waals surface area contributed by atoms with Crippen LogP contribution in [-0.4, -0.2) is 5.78 Å². The van der Waals surface area contributed by atoms with E-state index in [-0.39, 0.29) is 11.6 Å². The largest absolute Gasteiger partial charge is 0.298 e. The number of Topliss-reactive ketones (excluding diaryl/α,β-unsaturated/α-hetero) is 1. The summed E-state index contributed by atoms with van der Waals surface area (Å²) in [5.41, 5.74) is 0.666. The minimum Gasteiger partial charge on any atom is -0.298 e. The zero-order valence-electron chi connectivity index (χ0n) is 8.67. The minimum atomic E-state index is -0.642. The predicted molar refractivity (Wildman–Crippen MR) is 59.5 cm³/mol. The average Bonchev–Trinajstić information content (AvgIpc) is 2.26. The first kappa shape index (κ1) is 12.2. The standard InChI is InChI=1S/C12H14ClFO/c1-2-3-4-11(15)12(13)9-5-7-10(14)8-6-9/h5-8,12H,2-4H2,1H3. The van der Waals surface area contributed by atoms with E-state index in [0.717, 1.165) is 12.8 Å². The van der Waals surface area contributed by atoms with E-state index in [9.17, 15) is 9.18 Å². The lowest BCUT2D eigenvalue weighted by Crippen LogP contribution is -2.06. The number of carbonyl (C=O) groups excluding carboxylic acids is 1. The van der Waals surface area contributed by atoms with Crippen molar-refractivity contribution >= 4 is 17.4 Å². The number of alkyl halides is 1. The second kappa shape index (κ2) is 5.86. The number of unbranched alkanes of at least 4 members (excludes halogenated alkanes) is 1. The van der Waals surface area contributed by atoms with Crippen LogP contribution >= 0.6 is 11.6 Å². The lowest BCUT2D eigenvalue weighted by Gasteiger charge is -2.08. The van der Waals surface area contributed by atoms with Gasteiger partial charge in [-0.2, -0.15) is 0 Å². The van der Waals surface area contributed by atoms with E-state index in [0.29, 0.717) is 12.0 Å². The Hall–Kier alpha value is -0.890. The van der Waals surface area contributed by atoms with Crippen molar-refractivity contribution in [3.8, 4) is 0 Å². The molecular formula is C12H14ClFO. The van der Waals surface area contributed by atoms with Gasteiger partial charge in [-0.05, 0) is 24.1 Å². The zero-order valence-corrected chi connectivity index (χ0v) is 9.43. The average molecular weight is 229 g/mol. The molecule has 15 heavy (non-hydrogen) atoms. The van der Waals surface area contributed by atoms with Crippen LogP contribution in [0.1, 0.15) is 37.1 Å². The third kappa shape index (κ3) is 3.63. The Kier molecular flexibility index (Phi) is 4.76. The van der Waals surface area contributed by atoms with Crippen molar-refractivity contribution in [2.24, 2.45) is 0 Å². The molecule has 0 saturated carbocycles. The summed E-state index contributed by atoms with van der Waals surface area (Å²) in [6.45, 7) is 2.02. The summed E-state index contributed by atoms with van der Waals surface area (Å²) >= 11 is 5.97. The quantitative estimate of drug-likeness (QED) is 0.700. The summed E-state index contributed by atoms with van der Waals surface area (Å²) in [6.07, 6.45) is 2.31. The third-order valence-electron chi connectivity index (χ3n) is 2.22. The maximum Gasteiger partial charge on any atom is 0.155 e. The van der Waals surface area contributed by atoms with Crippen LogP contribution in [0.3, 0.4) is 0 Å². The Morgan fingerprint density at radius 1 is 1.40 bits per heavy atom. The molecular weight excluding hydrogens is 215 g/mol. The molecule has 0 aliphatic rings. The molecule has 0 aliphatic carbocycles. The molecule has 1 nitrogen and oxygen atoms in total. The van der Waals surface area contributed by atoms with Crippen LogP contribution in [0.4, 0.5) is 4.39 Å². The molecule has 0 spiro atoms. The number of ketones is 1. The van der Waals surface area contributed by atoms with Gasteiger partial charge >= 0.3 is 0 Å². The number of halogens is 2. The summed E-state index contributed by atoms with van der Waals surface area (Å²) in [7, 11) is 0. The van der Waals surface area contributed by atoms with E-state index < -0.39 is 5.38 Å². The molecule has 1 unspecified atom stereocenters. The number of benzene rings is 1. The van der Waals surface area contributed by atoms with Crippen molar-refractivity contribution < 1.29 is 9.18 Å². The summed E-state index contributed by atoms with van der Waals surface area (Å²) in [6, 6.07) is 5.74. The van der Waals surface area contributed by atoms with Gasteiger partial charge in [0.25, 0.3) is 0 Å². The van der Waals surface area contributed by atoms with Gasteiger partial charge in [-0.15, -0.1) is 11.6 Å². The molecule has 0 amide bonds. The van der Waals surface area contributed by atoms with E-state index in [2.05, 4.69) is 0 Å². The molecule has 0 saturated heterocycles. The van der Waals surface area contributed by atoms with Crippen molar-refractivity contribution in [3.05, 3.63) is 35.6 Å². The van der Waals surface area contributed by atoms with Gasteiger partial charge < -0.3 is 0 Å². The molecule has 1 atom stereocenters. The van der Waals surface area contributed by atoms with Gasteiger partial charge in [-0.1, -0.05) is 25.5 Å². The fourth-order valence-corrected chi connectivity index (χ4v) is 1.55. The lowest BCUT2D eigenvalue weighted by molar-refractivity contribution is -0.118. The second-order valence-electron chi connectivity index (χ2n) is 3.48. The normalized spacial score (nSPS) is 12.5. The molecule has 0 aliphatic heterocycles. The number of hydrogen-bond donors (Lipinski definition) is 0. The van der Waals surface area contributed by atoms with E-state index >= 15 is 0 Å². The van der Waals surface area contributed by atoms with E-state index in [1.54, 1.807) is 12.1 Å². The molecule has 1 rings (SSSR count). The maximum atomic E-state index is 12.6. The van der Waals surface area contributed by atoms with Crippen molar-refractivity contribution in [1.29, 1.82) is 0 Å². The molecule has 1 aromatic rings. The SMILES string of the molecule is CCCCC(=O)C(Cl)c1ccc(F)cc1. The monoisotopic (exact) mass is 228 g/mol. The van der Waals surface area contributed by atoms with Crippen molar-refractivity contribution in [2.75, 3.05) is 0 Å². The molecule has 1 aromatic carbocycles. The number of hydrogen-bond acceptors (Lipinski definition) is 1. The van der Waals surface area contributed by atoms with Crippen LogP contribution in [-0.2, 0) is 4.79 Å². The molecule has 0 fully saturated rings. The molecule has 82 valence electrons. The van der Waals surface area contributed by atoms with Gasteiger partial charge in [-0.3, -0.25) is 4.79 Å². The maximum absolute atomic E-state index is 12.6. The van der Waals surface area contributed by atoms with Gasteiger partial charge in [0, 0.05) is 6.42 Å². The van der Waals surface area contributed by atoms with Gasteiger partial charge in [0.1, 0.15) is 11.2 Å². The van der Waals surface area contributed by atoms with Gasteiger partial charge in [0.15, 0.2) is 5.78 Å². The smallest absolute Gasteiger partial charge is 0.155 e. The summed E-state index contributed by atoms with van der Waals surface area (Å²) in [5, 5.41) is -0.642. The highest BCUT2D eigenvalue weighted by molar-refractivity contribution is 6.31. The fraction of sp³-hybridized carbons (Fsp3) is 0.417. The van der Waals surface area contributed by atoms with Crippen LogP contribution in [0.15, 0.2) is 24.3 Å². The van der Waals surface area contributed by atoms with Gasteiger partial charge in [-0.25, -0.2) is 4.39 Å². The van der Waals surface area contributed by atoms with Crippen LogP contribution in [0.2, 0.25) is 0 Å². The topological polar surface area (TPSA) is 17.1 Å². The highest BCUT2D eigenvalue weighted by Crippen LogP contribution is 2.23. The van der Waals surface area contributed by atoms with Crippen molar-refractivity contribution in [1.82, 2.24) is 0 Å². The van der Waals surface area contributed by atoms with Crippen LogP contribution in [0.25, 0.3) is 0 Å². The summed E-state index contributed by atoms with van der Waals surface area (Å²) in [5.74, 6) is -0.311. The highest BCUT2D eigenvalue weighted by atomic mass is 35.5. The zero-order chi connectivity index (χ0) is 11.3. The molecule has 0 bridgehead atoms. The van der Waals surface area contributed by atoms with Gasteiger partial charge in [0.2, 0.25) is 0 Å². The van der Waals surface area contributed by atoms with Crippen LogP contribution < -0.4 is 0 Å². The van der Waals surface area contributed by atoms with Crippen molar-refractivity contribution in [3.63, 3.8) is 0 Å². The van der Waals surface area contributed by atoms with Crippen molar-refractivity contribution in [2.45, 2.75) is 31.6 Å². The number of rotatable bonds is 5. The van der Waals surface area contributed by atoms with Crippen LogP contribution in [0.5, 0.6) is 0 Å². The summed E-state index contributed by atoms with van der Waals surface area (Å²) < 4.78 is 12.6. The molecule has 0 N–H and O–H groups in total. The second-order valence-corrected chi connectivity index (χ2v) is 3.92. The molecule has 0 aromatic heterocycles. The first-order valence-electron chi connectivity index (χ1n) is 5.07. The number of carbonyl (C=O) groups is 1. The Balaban J connectivity index is 2.63. The molecule has 0 radical (unpaired) electrons. The molecule has 3 heteroatoms. The molecule has 0 heterocycles. The van der Waals surface area contributed by atoms with Crippen LogP contribution in [0, 0.1) is 5.82 Å². The predicted octanol–water partition coefficient (Wildman–Crippen LogP) is 3.86. The highest BCUT2D eigenvalue weighted by Gasteiger charge is 2.16. The van der Waals surface area contributed by atoms with Gasteiger partial charge in [0.05, 0.1) is 0 Å². The Morgan fingerprint density at radius 3 is 2.53 bits per heavy atom. The third-order valence-corrected chi connectivity index (χ3v) is 2.72. The Labute approximate surface area is 94.3 Å². The van der Waals surface area contributed by atoms with E-state index in [1.807, 2.05) is 6.92 Å². The van der Waals surface area contributed by atoms with E-state index in [1.165, 1.54) is 12.1 Å². The summed E-state index contributed by atoms with van der Waals surface area (Å²) in [4.78, 5) is 11.6. The first-order chi connectivity index (χ1) is 7.15. The lowest BCUT2D eigenvalue weighted by atomic mass is 10.0. The fourth-order valence-electron chi connectivity index (χ4n) is 1.30. The first-order valence-corrected chi connectivity index (χ1v) is 5.51.